The molecule has 0 bridgehead atoms. The molecule has 0 saturated carbocycles. The molecule has 0 spiro atoms. The molecule has 2 rings (SSSR count). The predicted molar refractivity (Wildman–Crippen MR) is 77.5 cm³/mol. The van der Waals surface area contributed by atoms with E-state index in [4.69, 9.17) is 5.73 Å². The smallest absolute Gasteiger partial charge is 0.248 e. The number of nitrogens with zero attached hydrogens (tertiary/aromatic N) is 2. The van der Waals surface area contributed by atoms with Gasteiger partial charge < -0.3 is 20.9 Å². The average molecular weight is 276 g/mol. The second kappa shape index (κ2) is 6.38. The molecule has 6 heteroatoms. The molecule has 1 aliphatic heterocycles. The van der Waals surface area contributed by atoms with Crippen LogP contribution in [0.1, 0.15) is 10.4 Å². The van der Waals surface area contributed by atoms with Gasteiger partial charge in [-0.15, -0.1) is 0 Å². The fraction of sp³-hybridized carbons (Fsp3) is 0.429. The maximum Gasteiger partial charge on any atom is 0.248 e. The summed E-state index contributed by atoms with van der Waals surface area (Å²) < 4.78 is 0. The quantitative estimate of drug-likeness (QED) is 0.809. The molecule has 0 aromatic heterocycles. The van der Waals surface area contributed by atoms with Crippen LogP contribution in [0.5, 0.6) is 0 Å². The second-order valence-electron chi connectivity index (χ2n) is 4.98. The van der Waals surface area contributed by atoms with Gasteiger partial charge in [0.2, 0.25) is 11.8 Å². The van der Waals surface area contributed by atoms with E-state index in [0.717, 1.165) is 31.9 Å². The topological polar surface area (TPSA) is 78.7 Å². The van der Waals surface area contributed by atoms with Crippen LogP contribution in [0.25, 0.3) is 0 Å². The summed E-state index contributed by atoms with van der Waals surface area (Å²) in [6.07, 6.45) is 0. The lowest BCUT2D eigenvalue weighted by Gasteiger charge is -2.32. The Kier molecular flexibility index (Phi) is 4.57. The highest BCUT2D eigenvalue weighted by Crippen LogP contribution is 2.09. The highest BCUT2D eigenvalue weighted by atomic mass is 16.2. The van der Waals surface area contributed by atoms with Crippen molar-refractivity contribution >= 4 is 17.5 Å². The average Bonchev–Trinajstić information content (AvgIpc) is 2.46. The van der Waals surface area contributed by atoms with Gasteiger partial charge >= 0.3 is 0 Å². The third-order valence-electron chi connectivity index (χ3n) is 3.47. The Morgan fingerprint density at radius 3 is 2.30 bits per heavy atom. The first-order valence-electron chi connectivity index (χ1n) is 6.66. The van der Waals surface area contributed by atoms with Gasteiger partial charge in [0.15, 0.2) is 0 Å². The molecule has 1 heterocycles. The van der Waals surface area contributed by atoms with Crippen LogP contribution in [0.2, 0.25) is 0 Å². The zero-order valence-electron chi connectivity index (χ0n) is 11.6. The minimum atomic E-state index is -0.454. The number of hydrogen-bond donors (Lipinski definition) is 2. The summed E-state index contributed by atoms with van der Waals surface area (Å²) in [6, 6.07) is 6.78. The number of likely N-dealkylation sites (N-methyl/N-ethyl adjacent to an activating group) is 1. The van der Waals surface area contributed by atoms with Crippen molar-refractivity contribution in [2.75, 3.05) is 45.1 Å². The van der Waals surface area contributed by atoms with Crippen molar-refractivity contribution in [1.29, 1.82) is 0 Å². The fourth-order valence-corrected chi connectivity index (χ4v) is 2.10. The number of primary amides is 1. The molecule has 1 aliphatic rings. The van der Waals surface area contributed by atoms with E-state index in [1.54, 1.807) is 24.3 Å². The largest absolute Gasteiger partial charge is 0.376 e. The number of piperazine rings is 1. The normalized spacial score (nSPS) is 15.9. The van der Waals surface area contributed by atoms with Crippen LogP contribution in [0.15, 0.2) is 24.3 Å². The molecule has 0 radical (unpaired) electrons. The molecule has 20 heavy (non-hydrogen) atoms. The van der Waals surface area contributed by atoms with Crippen LogP contribution in [-0.2, 0) is 4.79 Å². The minimum Gasteiger partial charge on any atom is -0.376 e. The van der Waals surface area contributed by atoms with Crippen LogP contribution < -0.4 is 11.1 Å². The molecule has 0 aliphatic carbocycles. The van der Waals surface area contributed by atoms with E-state index < -0.39 is 5.91 Å². The summed E-state index contributed by atoms with van der Waals surface area (Å²) in [5.74, 6) is -0.359. The second-order valence-corrected chi connectivity index (χ2v) is 4.98. The SMILES string of the molecule is CN1CCN(C(=O)CNc2ccc(C(N)=O)cc2)CC1. The predicted octanol–water partition coefficient (Wildman–Crippen LogP) is -0.0286. The lowest BCUT2D eigenvalue weighted by atomic mass is 10.2. The highest BCUT2D eigenvalue weighted by Gasteiger charge is 2.18. The first-order chi connectivity index (χ1) is 9.56. The maximum absolute atomic E-state index is 12.0. The number of nitrogens with two attached hydrogens (primary N) is 1. The lowest BCUT2D eigenvalue weighted by molar-refractivity contribution is -0.130. The maximum atomic E-state index is 12.0. The van der Waals surface area contributed by atoms with Crippen LogP contribution >= 0.6 is 0 Å². The number of carbonyl (C=O) groups is 2. The summed E-state index contributed by atoms with van der Waals surface area (Å²) in [4.78, 5) is 27.0. The molecular formula is C14H20N4O2. The van der Waals surface area contributed by atoms with E-state index in [2.05, 4.69) is 17.3 Å². The zero-order chi connectivity index (χ0) is 14.5. The number of amides is 2. The van der Waals surface area contributed by atoms with Crippen molar-refractivity contribution in [1.82, 2.24) is 9.80 Å². The van der Waals surface area contributed by atoms with Crippen molar-refractivity contribution in [2.24, 2.45) is 5.73 Å². The van der Waals surface area contributed by atoms with Gasteiger partial charge in [-0.25, -0.2) is 0 Å². The molecule has 0 atom stereocenters. The standard InChI is InChI=1S/C14H20N4O2/c1-17-6-8-18(9-7-17)13(19)10-16-12-4-2-11(3-5-12)14(15)20/h2-5,16H,6-10H2,1H3,(H2,15,20). The number of carbonyl (C=O) groups excluding carboxylic acids is 2. The van der Waals surface area contributed by atoms with Crippen LogP contribution in [0, 0.1) is 0 Å². The Balaban J connectivity index is 1.82. The first kappa shape index (κ1) is 14.3. The molecule has 3 N–H and O–H groups in total. The van der Waals surface area contributed by atoms with Gasteiger partial charge in [0, 0.05) is 37.4 Å². The van der Waals surface area contributed by atoms with Gasteiger partial charge in [0.1, 0.15) is 0 Å². The number of benzene rings is 1. The van der Waals surface area contributed by atoms with Crippen LogP contribution in [-0.4, -0.2) is 61.4 Å². The Labute approximate surface area is 118 Å². The number of rotatable bonds is 4. The molecule has 6 nitrogen and oxygen atoms in total. The van der Waals surface area contributed by atoms with Gasteiger partial charge in [-0.1, -0.05) is 0 Å². The molecule has 2 amide bonds. The molecule has 1 fully saturated rings. The first-order valence-corrected chi connectivity index (χ1v) is 6.66. The summed E-state index contributed by atoms with van der Waals surface area (Å²) >= 11 is 0. The highest BCUT2D eigenvalue weighted by molar-refractivity contribution is 5.93. The van der Waals surface area contributed by atoms with Crippen molar-refractivity contribution in [2.45, 2.75) is 0 Å². The number of nitrogens with one attached hydrogen (secondary N) is 1. The van der Waals surface area contributed by atoms with Gasteiger partial charge in [0.05, 0.1) is 6.54 Å². The van der Waals surface area contributed by atoms with Crippen molar-refractivity contribution in [3.8, 4) is 0 Å². The van der Waals surface area contributed by atoms with Crippen LogP contribution in [0.4, 0.5) is 5.69 Å². The fourth-order valence-electron chi connectivity index (χ4n) is 2.10. The van der Waals surface area contributed by atoms with E-state index in [9.17, 15) is 9.59 Å². The van der Waals surface area contributed by atoms with Gasteiger partial charge in [0.25, 0.3) is 0 Å². The zero-order valence-corrected chi connectivity index (χ0v) is 11.6. The van der Waals surface area contributed by atoms with Gasteiger partial charge in [-0.3, -0.25) is 9.59 Å². The molecular weight excluding hydrogens is 256 g/mol. The van der Waals surface area contributed by atoms with Crippen molar-refractivity contribution < 1.29 is 9.59 Å². The van der Waals surface area contributed by atoms with E-state index in [1.165, 1.54) is 0 Å². The molecule has 1 aromatic rings. The molecule has 1 aromatic carbocycles. The third-order valence-corrected chi connectivity index (χ3v) is 3.47. The number of anilines is 1. The Morgan fingerprint density at radius 2 is 1.75 bits per heavy atom. The van der Waals surface area contributed by atoms with E-state index >= 15 is 0 Å². The number of hydrogen-bond acceptors (Lipinski definition) is 4. The summed E-state index contributed by atoms with van der Waals surface area (Å²) in [6.45, 7) is 3.65. The molecule has 1 saturated heterocycles. The monoisotopic (exact) mass is 276 g/mol. The Hall–Kier alpha value is -2.08. The lowest BCUT2D eigenvalue weighted by Crippen LogP contribution is -2.48. The summed E-state index contributed by atoms with van der Waals surface area (Å²) in [5.41, 5.74) is 6.43. The van der Waals surface area contributed by atoms with E-state index in [-0.39, 0.29) is 12.5 Å². The van der Waals surface area contributed by atoms with Crippen molar-refractivity contribution in [3.05, 3.63) is 29.8 Å². The van der Waals surface area contributed by atoms with Gasteiger partial charge in [-0.2, -0.15) is 0 Å². The summed E-state index contributed by atoms with van der Waals surface area (Å²) in [5, 5.41) is 3.06. The van der Waals surface area contributed by atoms with Crippen LogP contribution in [0.3, 0.4) is 0 Å². The van der Waals surface area contributed by atoms with E-state index in [0.29, 0.717) is 5.56 Å². The third kappa shape index (κ3) is 3.71. The summed E-state index contributed by atoms with van der Waals surface area (Å²) in [7, 11) is 2.06. The minimum absolute atomic E-state index is 0.0945. The van der Waals surface area contributed by atoms with E-state index in [1.807, 2.05) is 4.90 Å². The molecule has 0 unspecified atom stereocenters. The Bertz CT molecular complexity index is 478. The molecule has 108 valence electrons. The van der Waals surface area contributed by atoms with Crippen molar-refractivity contribution in [3.63, 3.8) is 0 Å². The van der Waals surface area contributed by atoms with Gasteiger partial charge in [-0.05, 0) is 31.3 Å². The Morgan fingerprint density at radius 1 is 1.15 bits per heavy atom.